The number of fused-ring (bicyclic) bond motifs is 7. The second kappa shape index (κ2) is 22.5. The van der Waals surface area contributed by atoms with Crippen LogP contribution in [0.2, 0.25) is 0 Å². The predicted octanol–water partition coefficient (Wildman–Crippen LogP) is 5.80. The summed E-state index contributed by atoms with van der Waals surface area (Å²) < 4.78 is 76.5. The van der Waals surface area contributed by atoms with Gasteiger partial charge < -0.3 is 43.6 Å². The van der Waals surface area contributed by atoms with Crippen LogP contribution in [0.3, 0.4) is 0 Å². The fourth-order valence-electron chi connectivity index (χ4n) is 10.9. The van der Waals surface area contributed by atoms with Gasteiger partial charge in [-0.2, -0.15) is 13.2 Å². The van der Waals surface area contributed by atoms with E-state index in [1.165, 1.54) is 50.9 Å². The van der Waals surface area contributed by atoms with Crippen LogP contribution in [-0.4, -0.2) is 176 Å². The van der Waals surface area contributed by atoms with Crippen LogP contribution < -0.4 is 10.7 Å². The summed E-state index contributed by atoms with van der Waals surface area (Å²) in [7, 11) is 6.27. The number of amides is 5. The Labute approximate surface area is 440 Å². The Kier molecular flexibility index (Phi) is 16.7. The van der Waals surface area contributed by atoms with Gasteiger partial charge in [-0.1, -0.05) is 33.8 Å². The van der Waals surface area contributed by atoms with Crippen molar-refractivity contribution in [3.8, 4) is 22.5 Å². The van der Waals surface area contributed by atoms with Gasteiger partial charge >= 0.3 is 12.2 Å². The van der Waals surface area contributed by atoms with Crippen molar-refractivity contribution in [2.75, 3.05) is 66.8 Å². The van der Waals surface area contributed by atoms with E-state index < -0.39 is 89.9 Å². The molecule has 1 aromatic carbocycles. The molecule has 0 spiro atoms. The second-order valence-electron chi connectivity index (χ2n) is 21.0. The Morgan fingerprint density at radius 3 is 2.60 bits per heavy atom. The fourth-order valence-corrected chi connectivity index (χ4v) is 12.0. The van der Waals surface area contributed by atoms with Crippen molar-refractivity contribution in [2.45, 2.75) is 109 Å². The molecule has 3 radical (unpaired) electrons. The average Bonchev–Trinajstić information content (AvgIpc) is 4.12. The van der Waals surface area contributed by atoms with E-state index >= 15 is 0 Å². The molecule has 0 aliphatic carbocycles. The molecule has 3 saturated heterocycles. The van der Waals surface area contributed by atoms with Crippen molar-refractivity contribution in [3.05, 3.63) is 70.3 Å². The number of hydrazine groups is 1. The number of hydrogen-bond acceptors (Lipinski definition) is 12. The Balaban J connectivity index is 1.17. The van der Waals surface area contributed by atoms with Crippen LogP contribution in [0.5, 0.6) is 0 Å². The fraction of sp³-hybridized carbons (Fsp3) is 0.558. The Bertz CT molecular complexity index is 2820. The van der Waals surface area contributed by atoms with E-state index in [1.807, 2.05) is 19.9 Å². The number of thiazole rings is 1. The number of morpholine rings is 1. The number of nitrogens with one attached hydrogen (secondary N) is 2. The number of benzene rings is 1. The van der Waals surface area contributed by atoms with E-state index in [1.54, 1.807) is 61.5 Å². The van der Waals surface area contributed by atoms with Gasteiger partial charge in [0.25, 0.3) is 5.91 Å². The number of nitrogens with zero attached hydrogens (tertiary/aromatic N) is 7. The highest BCUT2D eigenvalue weighted by Crippen LogP contribution is 2.43. The van der Waals surface area contributed by atoms with Crippen LogP contribution in [0.1, 0.15) is 69.8 Å². The third-order valence-electron chi connectivity index (χ3n) is 14.5. The van der Waals surface area contributed by atoms with Crippen LogP contribution in [0.25, 0.3) is 33.4 Å². The number of likely N-dealkylation sites (tertiary alicyclic amines) is 1. The number of carbonyl (C=O) groups excluding carboxylic acids is 5. The molecule has 7 heterocycles. The van der Waals surface area contributed by atoms with Gasteiger partial charge in [-0.15, -0.1) is 11.3 Å². The van der Waals surface area contributed by atoms with Gasteiger partial charge in [-0.25, -0.2) is 19.6 Å². The molecule has 4 aromatic rings. The van der Waals surface area contributed by atoms with Crippen LogP contribution in [0, 0.1) is 11.3 Å². The second-order valence-corrected chi connectivity index (χ2v) is 22.4. The zero-order valence-electron chi connectivity index (χ0n) is 43.2. The molecule has 23 heteroatoms. The molecule has 2 N–H and O–H groups in total. The van der Waals surface area contributed by atoms with E-state index in [9.17, 15) is 41.5 Å². The monoisotopic (exact) mass is 1080 g/mol. The third kappa shape index (κ3) is 11.9. The summed E-state index contributed by atoms with van der Waals surface area (Å²) in [6.45, 7) is 7.94. The maximum atomic E-state index is 15.0. The van der Waals surface area contributed by atoms with Crippen molar-refractivity contribution in [1.29, 1.82) is 0 Å². The highest BCUT2D eigenvalue weighted by molar-refractivity contribution is 7.10. The number of pyridine rings is 1. The molecular formula is C52H64F4N9O8SSi. The molecule has 6 bridgehead atoms. The largest absolute Gasteiger partial charge is 0.406 e. The zero-order valence-corrected chi connectivity index (χ0v) is 45.0. The van der Waals surface area contributed by atoms with Gasteiger partial charge in [0.1, 0.15) is 46.5 Å². The number of halogens is 4. The van der Waals surface area contributed by atoms with Crippen LogP contribution in [0.4, 0.5) is 22.4 Å². The summed E-state index contributed by atoms with van der Waals surface area (Å²) in [5, 5.41) is 6.59. The maximum absolute atomic E-state index is 15.0. The molecule has 3 fully saturated rings. The molecule has 6 atom stereocenters. The molecule has 5 amide bonds. The van der Waals surface area contributed by atoms with Crippen LogP contribution in [0.15, 0.2) is 54.1 Å². The molecular weight excluding hydrogens is 1010 g/mol. The minimum atomic E-state index is -4.61. The van der Waals surface area contributed by atoms with Crippen LogP contribution in [-0.2, 0) is 52.8 Å². The van der Waals surface area contributed by atoms with Crippen molar-refractivity contribution >= 4 is 61.6 Å². The van der Waals surface area contributed by atoms with E-state index in [2.05, 4.69) is 26.0 Å². The highest BCUT2D eigenvalue weighted by atomic mass is 32.1. The molecule has 8 rings (SSSR count). The lowest BCUT2D eigenvalue weighted by Crippen LogP contribution is -2.68. The predicted molar refractivity (Wildman–Crippen MR) is 273 cm³/mol. The van der Waals surface area contributed by atoms with Gasteiger partial charge in [0.15, 0.2) is 0 Å². The number of alkyl halides is 4. The molecule has 17 nitrogen and oxygen atoms in total. The molecule has 403 valence electrons. The van der Waals surface area contributed by atoms with E-state index in [0.29, 0.717) is 56.1 Å². The Morgan fingerprint density at radius 1 is 1.12 bits per heavy atom. The standard InChI is InChI=1S/C52H64F4N9O8SSi/c1-30(2)44(61(6)49(70)62-24-39-40(25-62)73-20-19-63(39)42(66)12-8-16-53)46(67)59-36-22-41-58-37(26-74-41)32-13-14-38-34(21-32)35(45(64(38)27-52(54,55)56)33-11-9-17-57-43(33)31(3)71-7)23-50(4,5)28-72-29-51(48(69)75)15-10-18-65(60-51)47(36)68/h8-9,11-14,17,21,26,30-31,36,39-40,44,60H,10,15-16,18-20,22-25,27-29H2,1-7H3,(H,59,67)/b12-8+/t31-,36-,39+,40-,44-,51-/m0/s1. The number of carbonyl (C=O) groups is 5. The van der Waals surface area contributed by atoms with Gasteiger partial charge in [0.05, 0.1) is 66.7 Å². The van der Waals surface area contributed by atoms with Crippen molar-refractivity contribution < 1.29 is 55.7 Å². The average molecular weight is 1080 g/mol. The van der Waals surface area contributed by atoms with Gasteiger partial charge in [-0.05, 0) is 73.4 Å². The highest BCUT2D eigenvalue weighted by Gasteiger charge is 2.47. The number of urea groups is 1. The quantitative estimate of drug-likeness (QED) is 0.105. The third-order valence-corrected chi connectivity index (χ3v) is 15.9. The number of hydrogen-bond donors (Lipinski definition) is 2. The lowest BCUT2D eigenvalue weighted by atomic mass is 9.84. The normalized spacial score (nSPS) is 23.3. The first kappa shape index (κ1) is 55.6. The van der Waals surface area contributed by atoms with Gasteiger partial charge in [0.2, 0.25) is 11.8 Å². The first-order valence-electron chi connectivity index (χ1n) is 25.1. The zero-order chi connectivity index (χ0) is 54.1. The van der Waals surface area contributed by atoms with Crippen molar-refractivity contribution in [2.24, 2.45) is 11.3 Å². The summed E-state index contributed by atoms with van der Waals surface area (Å²) in [6.07, 6.45) is -0.997. The first-order chi connectivity index (χ1) is 35.5. The summed E-state index contributed by atoms with van der Waals surface area (Å²) >= 11 is 1.24. The number of likely N-dealkylation sites (N-methyl/N-ethyl adjacent to an activating group) is 1. The number of rotatable bonds is 11. The minimum absolute atomic E-state index is 0.0558. The van der Waals surface area contributed by atoms with E-state index in [4.69, 9.17) is 19.2 Å². The van der Waals surface area contributed by atoms with E-state index in [-0.39, 0.29) is 71.2 Å². The molecule has 75 heavy (non-hydrogen) atoms. The summed E-state index contributed by atoms with van der Waals surface area (Å²) in [5.74, 6) is -2.04. The number of aromatic nitrogens is 3. The summed E-state index contributed by atoms with van der Waals surface area (Å²) in [5.41, 5.74) is 4.31. The first-order valence-corrected chi connectivity index (χ1v) is 26.5. The Morgan fingerprint density at radius 2 is 1.89 bits per heavy atom. The van der Waals surface area contributed by atoms with Crippen molar-refractivity contribution in [3.63, 3.8) is 0 Å². The molecule has 3 aromatic heterocycles. The number of methoxy groups -OCH3 is 1. The summed E-state index contributed by atoms with van der Waals surface area (Å²) in [4.78, 5) is 84.6. The van der Waals surface area contributed by atoms with Crippen molar-refractivity contribution in [1.82, 2.24) is 45.0 Å². The van der Waals surface area contributed by atoms with E-state index in [0.717, 1.165) is 6.08 Å². The lowest BCUT2D eigenvalue weighted by Gasteiger charge is -2.43. The molecule has 0 saturated carbocycles. The molecule has 4 aliphatic heterocycles. The Hall–Kier alpha value is -5.59. The van der Waals surface area contributed by atoms with Gasteiger partial charge in [-0.3, -0.25) is 24.4 Å². The molecule has 4 aliphatic rings. The maximum Gasteiger partial charge on any atom is 0.406 e. The van der Waals surface area contributed by atoms with Gasteiger partial charge in [0, 0.05) is 79.9 Å². The summed E-state index contributed by atoms with van der Waals surface area (Å²) in [6, 6.07) is 5.30. The lowest BCUT2D eigenvalue weighted by molar-refractivity contribution is -0.148. The minimum Gasteiger partial charge on any atom is -0.378 e. The van der Waals surface area contributed by atoms with Crippen LogP contribution >= 0.6 is 11.3 Å². The SMILES string of the molecule is CO[C@@H](C)c1ncccc1-c1c2c3cc(ccc3n1CC(F)(F)F)-c1csc(n1)C[C@H](NC(=O)[C@H](C(C)C)N(C)C(=O)N1C[C@@H]3OCCN(C(=O)/C=C/CF)[C@@H]3C1)C(=O)N1CCC[C@@](C(=O)[Si])(COCC(C)(C)C2)N1. The number of allylic oxidation sites excluding steroid dienone is 1. The smallest absolute Gasteiger partial charge is 0.378 e. The topological polar surface area (TPSA) is 181 Å². The number of ether oxygens (including phenoxy) is 3. The molecule has 0 unspecified atom stereocenters.